The maximum absolute atomic E-state index is 11.3. The second kappa shape index (κ2) is 3.90. The average molecular weight is 223 g/mol. The lowest BCUT2D eigenvalue weighted by atomic mass is 9.89. The first-order valence-electron chi connectivity index (χ1n) is 5.58. The molecule has 1 aromatic rings. The van der Waals surface area contributed by atoms with E-state index in [0.717, 1.165) is 12.8 Å². The van der Waals surface area contributed by atoms with E-state index in [1.807, 2.05) is 4.90 Å². The van der Waals surface area contributed by atoms with Crippen LogP contribution in [0, 0.1) is 6.92 Å². The Hall–Kier alpha value is -1.36. The van der Waals surface area contributed by atoms with Gasteiger partial charge in [0, 0.05) is 19.2 Å². The molecule has 1 aromatic heterocycles. The zero-order valence-electron chi connectivity index (χ0n) is 9.66. The fourth-order valence-electron chi connectivity index (χ4n) is 2.18. The van der Waals surface area contributed by atoms with Crippen molar-refractivity contribution in [3.8, 4) is 0 Å². The van der Waals surface area contributed by atoms with Gasteiger partial charge in [0.15, 0.2) is 0 Å². The Morgan fingerprint density at radius 2 is 2.31 bits per heavy atom. The van der Waals surface area contributed by atoms with Crippen LogP contribution in [0.5, 0.6) is 0 Å². The van der Waals surface area contributed by atoms with Gasteiger partial charge < -0.3 is 15.0 Å². The summed E-state index contributed by atoms with van der Waals surface area (Å²) in [4.78, 5) is 20.0. The lowest BCUT2D eigenvalue weighted by Crippen LogP contribution is -2.62. The lowest BCUT2D eigenvalue weighted by Gasteiger charge is -2.47. The van der Waals surface area contributed by atoms with Gasteiger partial charge >= 0.3 is 0 Å². The van der Waals surface area contributed by atoms with Gasteiger partial charge in [-0.15, -0.1) is 0 Å². The molecule has 0 aromatic carbocycles. The van der Waals surface area contributed by atoms with Crippen LogP contribution < -0.4 is 10.5 Å². The largest absolute Gasteiger partial charge is 0.386 e. The Morgan fingerprint density at radius 3 is 2.88 bits per heavy atom. The summed E-state index contributed by atoms with van der Waals surface area (Å²) in [7, 11) is 0. The summed E-state index contributed by atoms with van der Waals surface area (Å²) < 4.78 is 0. The normalized spacial score (nSPS) is 18.3. The van der Waals surface area contributed by atoms with Gasteiger partial charge in [0.05, 0.1) is 5.60 Å². The number of aliphatic hydroxyl groups is 1. The van der Waals surface area contributed by atoms with Gasteiger partial charge in [0.25, 0.3) is 5.56 Å². The summed E-state index contributed by atoms with van der Waals surface area (Å²) in [6.07, 6.45) is 1.76. The van der Waals surface area contributed by atoms with Crippen molar-refractivity contribution in [1.29, 1.82) is 0 Å². The molecule has 2 rings (SSSR count). The Labute approximate surface area is 94.1 Å². The standard InChI is InChI=1S/C11H17N3O2/c1-3-4-11(16)6-14(7-11)9-5-10(15)13-8(2)12-9/h5,16H,3-4,6-7H2,1-2H3,(H,12,13,15). The van der Waals surface area contributed by atoms with E-state index in [1.165, 1.54) is 6.07 Å². The van der Waals surface area contributed by atoms with Crippen molar-refractivity contribution >= 4 is 5.82 Å². The molecule has 0 bridgehead atoms. The van der Waals surface area contributed by atoms with Crippen LogP contribution in [-0.4, -0.2) is 33.8 Å². The number of anilines is 1. The topological polar surface area (TPSA) is 69.2 Å². The van der Waals surface area contributed by atoms with Crippen LogP contribution in [-0.2, 0) is 0 Å². The van der Waals surface area contributed by atoms with Gasteiger partial charge in [-0.2, -0.15) is 0 Å². The Bertz CT molecular complexity index is 435. The zero-order valence-corrected chi connectivity index (χ0v) is 9.66. The molecule has 2 heterocycles. The van der Waals surface area contributed by atoms with Crippen LogP contribution in [0.15, 0.2) is 10.9 Å². The second-order valence-corrected chi connectivity index (χ2v) is 4.52. The maximum atomic E-state index is 11.3. The highest BCUT2D eigenvalue weighted by Crippen LogP contribution is 2.28. The number of nitrogens with one attached hydrogen (secondary N) is 1. The number of rotatable bonds is 3. The molecule has 1 aliphatic heterocycles. The minimum absolute atomic E-state index is 0.145. The van der Waals surface area contributed by atoms with Gasteiger partial charge in [-0.25, -0.2) is 4.98 Å². The molecule has 16 heavy (non-hydrogen) atoms. The highest BCUT2D eigenvalue weighted by Gasteiger charge is 2.40. The smallest absolute Gasteiger partial charge is 0.252 e. The highest BCUT2D eigenvalue weighted by molar-refractivity contribution is 5.43. The molecular weight excluding hydrogens is 206 g/mol. The predicted molar refractivity (Wildman–Crippen MR) is 61.7 cm³/mol. The van der Waals surface area contributed by atoms with Gasteiger partial charge in [0.1, 0.15) is 11.6 Å². The first-order chi connectivity index (χ1) is 7.52. The average Bonchev–Trinajstić information content (AvgIpc) is 2.12. The second-order valence-electron chi connectivity index (χ2n) is 4.52. The third-order valence-corrected chi connectivity index (χ3v) is 2.86. The molecule has 0 saturated carbocycles. The first-order valence-corrected chi connectivity index (χ1v) is 5.58. The molecule has 0 unspecified atom stereocenters. The number of nitrogens with zero attached hydrogens (tertiary/aromatic N) is 2. The van der Waals surface area contributed by atoms with E-state index in [2.05, 4.69) is 16.9 Å². The van der Waals surface area contributed by atoms with Gasteiger partial charge in [-0.05, 0) is 13.3 Å². The minimum atomic E-state index is -0.590. The van der Waals surface area contributed by atoms with E-state index >= 15 is 0 Å². The summed E-state index contributed by atoms with van der Waals surface area (Å²) in [5.74, 6) is 1.26. The molecule has 5 heteroatoms. The molecular formula is C11H17N3O2. The fraction of sp³-hybridized carbons (Fsp3) is 0.636. The third-order valence-electron chi connectivity index (χ3n) is 2.86. The number of H-pyrrole nitrogens is 1. The lowest BCUT2D eigenvalue weighted by molar-refractivity contribution is 0.00290. The minimum Gasteiger partial charge on any atom is -0.386 e. The number of hydrogen-bond acceptors (Lipinski definition) is 4. The Balaban J connectivity index is 2.09. The van der Waals surface area contributed by atoms with Crippen molar-refractivity contribution in [2.24, 2.45) is 0 Å². The van der Waals surface area contributed by atoms with E-state index in [9.17, 15) is 9.90 Å². The van der Waals surface area contributed by atoms with Crippen molar-refractivity contribution in [2.75, 3.05) is 18.0 Å². The van der Waals surface area contributed by atoms with Crippen molar-refractivity contribution in [1.82, 2.24) is 9.97 Å². The Morgan fingerprint density at radius 1 is 1.62 bits per heavy atom. The van der Waals surface area contributed by atoms with Gasteiger partial charge in [0.2, 0.25) is 0 Å². The number of aryl methyl sites for hydroxylation is 1. The summed E-state index contributed by atoms with van der Waals surface area (Å²) in [5.41, 5.74) is -0.735. The monoisotopic (exact) mass is 223 g/mol. The molecule has 0 spiro atoms. The quantitative estimate of drug-likeness (QED) is 0.779. The van der Waals surface area contributed by atoms with Gasteiger partial charge in [-0.1, -0.05) is 13.3 Å². The van der Waals surface area contributed by atoms with Gasteiger partial charge in [-0.3, -0.25) is 4.79 Å². The molecule has 2 N–H and O–H groups in total. The van der Waals surface area contributed by atoms with Crippen LogP contribution in [0.2, 0.25) is 0 Å². The van der Waals surface area contributed by atoms with Crippen LogP contribution in [0.25, 0.3) is 0 Å². The van der Waals surface area contributed by atoms with Crippen molar-refractivity contribution < 1.29 is 5.11 Å². The molecule has 5 nitrogen and oxygen atoms in total. The predicted octanol–water partition coefficient (Wildman–Crippen LogP) is 0.430. The SMILES string of the molecule is CCCC1(O)CN(c2cc(=O)[nH]c(C)n2)C1. The molecule has 1 saturated heterocycles. The summed E-state index contributed by atoms with van der Waals surface area (Å²) in [5, 5.41) is 10.0. The van der Waals surface area contributed by atoms with Crippen molar-refractivity contribution in [3.05, 3.63) is 22.2 Å². The molecule has 0 aliphatic carbocycles. The number of β-amino-alcohol motifs (C(OH)–C–C–N with tert-alkyl or cyclic N) is 1. The van der Waals surface area contributed by atoms with E-state index in [0.29, 0.717) is 24.7 Å². The number of hydrogen-bond donors (Lipinski definition) is 2. The van der Waals surface area contributed by atoms with E-state index in [1.54, 1.807) is 6.92 Å². The summed E-state index contributed by atoms with van der Waals surface area (Å²) in [6, 6.07) is 1.47. The van der Waals surface area contributed by atoms with Crippen LogP contribution >= 0.6 is 0 Å². The molecule has 0 amide bonds. The number of aromatic nitrogens is 2. The van der Waals surface area contributed by atoms with Crippen molar-refractivity contribution in [2.45, 2.75) is 32.3 Å². The third kappa shape index (κ3) is 2.09. The summed E-state index contributed by atoms with van der Waals surface area (Å²) in [6.45, 7) is 4.94. The van der Waals surface area contributed by atoms with Crippen molar-refractivity contribution in [3.63, 3.8) is 0 Å². The maximum Gasteiger partial charge on any atom is 0.252 e. The molecule has 1 fully saturated rings. The number of aromatic amines is 1. The van der Waals surface area contributed by atoms with E-state index in [4.69, 9.17) is 0 Å². The van der Waals surface area contributed by atoms with Crippen LogP contribution in [0.4, 0.5) is 5.82 Å². The first kappa shape index (κ1) is 11.1. The van der Waals surface area contributed by atoms with E-state index < -0.39 is 5.60 Å². The highest BCUT2D eigenvalue weighted by atomic mass is 16.3. The van der Waals surface area contributed by atoms with Crippen LogP contribution in [0.1, 0.15) is 25.6 Å². The summed E-state index contributed by atoms with van der Waals surface area (Å²) >= 11 is 0. The molecule has 0 atom stereocenters. The molecule has 88 valence electrons. The molecule has 1 aliphatic rings. The molecule has 0 radical (unpaired) electrons. The van der Waals surface area contributed by atoms with Crippen LogP contribution in [0.3, 0.4) is 0 Å². The Kier molecular flexibility index (Phi) is 2.71. The fourth-order valence-corrected chi connectivity index (χ4v) is 2.18. The zero-order chi connectivity index (χ0) is 11.8. The van der Waals surface area contributed by atoms with E-state index in [-0.39, 0.29) is 5.56 Å².